The minimum Gasteiger partial charge on any atom is -0.466 e. The highest BCUT2D eigenvalue weighted by molar-refractivity contribution is 6.31. The predicted octanol–water partition coefficient (Wildman–Crippen LogP) is 3.29. The summed E-state index contributed by atoms with van der Waals surface area (Å²) < 4.78 is 4.60. The van der Waals surface area contributed by atoms with Gasteiger partial charge in [-0.15, -0.1) is 0 Å². The largest absolute Gasteiger partial charge is 0.466 e. The van der Waals surface area contributed by atoms with Crippen molar-refractivity contribution >= 4 is 17.6 Å². The van der Waals surface area contributed by atoms with E-state index in [0.717, 1.165) is 5.56 Å². The highest BCUT2D eigenvalue weighted by Gasteiger charge is 2.08. The van der Waals surface area contributed by atoms with Crippen molar-refractivity contribution < 1.29 is 9.53 Å². The first kappa shape index (κ1) is 14.1. The van der Waals surface area contributed by atoms with Crippen molar-refractivity contribution in [3.63, 3.8) is 0 Å². The summed E-state index contributed by atoms with van der Waals surface area (Å²) in [6, 6.07) is 7.33. The Balaban J connectivity index is 2.86. The van der Waals surface area contributed by atoms with Gasteiger partial charge in [0.25, 0.3) is 0 Å². The minimum atomic E-state index is -0.505. The second-order valence-corrected chi connectivity index (χ2v) is 3.81. The molecule has 0 N–H and O–H groups in total. The lowest BCUT2D eigenvalue weighted by Gasteiger charge is -2.03. The van der Waals surface area contributed by atoms with Crippen LogP contribution in [0.4, 0.5) is 0 Å². The summed E-state index contributed by atoms with van der Waals surface area (Å²) in [6.07, 6.45) is 2.13. The molecule has 1 aromatic rings. The average molecular weight is 266 g/mol. The zero-order valence-electron chi connectivity index (χ0n) is 9.84. The van der Waals surface area contributed by atoms with Crippen LogP contribution in [0.1, 0.15) is 5.56 Å². The lowest BCUT2D eigenvalue weighted by atomic mass is 10.1. The molecule has 1 aromatic carbocycles. The molecule has 0 spiro atoms. The van der Waals surface area contributed by atoms with Crippen molar-refractivity contribution in [1.82, 2.24) is 0 Å². The molecule has 0 aliphatic carbocycles. The van der Waals surface area contributed by atoms with Crippen molar-refractivity contribution in [1.29, 1.82) is 0 Å². The van der Waals surface area contributed by atoms with Gasteiger partial charge in [-0.05, 0) is 23.6 Å². The molecule has 0 saturated heterocycles. The average Bonchev–Trinajstić information content (AvgIpc) is 2.40. The maximum absolute atomic E-state index is 11.4. The summed E-state index contributed by atoms with van der Waals surface area (Å²) in [5, 5.41) is 3.98. The minimum absolute atomic E-state index is 0.0341. The number of esters is 1. The standard InChI is InChI=1S/C12H12ClN3O2/c1-18-12(17)10(8-15-16-14)7-6-9-4-2-3-5-11(9)13/h2-5,7H,6,8H2,1H3/b10-7+. The molecule has 1 rings (SSSR count). The van der Waals surface area contributed by atoms with Crippen LogP contribution in [0.25, 0.3) is 10.4 Å². The van der Waals surface area contributed by atoms with Gasteiger partial charge >= 0.3 is 5.97 Å². The fourth-order valence-electron chi connectivity index (χ4n) is 1.35. The number of nitrogens with zero attached hydrogens (tertiary/aromatic N) is 3. The number of carbonyl (C=O) groups is 1. The summed E-state index contributed by atoms with van der Waals surface area (Å²) in [5.41, 5.74) is 9.46. The molecule has 0 unspecified atom stereocenters. The maximum Gasteiger partial charge on any atom is 0.333 e. The van der Waals surface area contributed by atoms with Gasteiger partial charge in [0.1, 0.15) is 0 Å². The molecule has 94 valence electrons. The summed E-state index contributed by atoms with van der Waals surface area (Å²) in [5.74, 6) is -0.505. The fraction of sp³-hybridized carbons (Fsp3) is 0.250. The van der Waals surface area contributed by atoms with E-state index in [1.807, 2.05) is 18.2 Å². The number of azide groups is 1. The zero-order valence-corrected chi connectivity index (χ0v) is 10.6. The Labute approximate surface area is 110 Å². The number of allylic oxidation sites excluding steroid dienone is 1. The van der Waals surface area contributed by atoms with Crippen LogP contribution in [0.5, 0.6) is 0 Å². The molecule has 0 aliphatic heterocycles. The normalized spacial score (nSPS) is 10.7. The molecule has 0 atom stereocenters. The molecular formula is C12H12ClN3O2. The lowest BCUT2D eigenvalue weighted by molar-refractivity contribution is -0.136. The molecule has 5 nitrogen and oxygen atoms in total. The van der Waals surface area contributed by atoms with E-state index in [4.69, 9.17) is 17.1 Å². The number of halogens is 1. The summed E-state index contributed by atoms with van der Waals surface area (Å²) in [6.45, 7) is -0.0341. The molecule has 0 bridgehead atoms. The van der Waals surface area contributed by atoms with E-state index >= 15 is 0 Å². The third-order valence-corrected chi connectivity index (χ3v) is 2.65. The molecule has 0 fully saturated rings. The first-order valence-corrected chi connectivity index (χ1v) is 5.58. The predicted molar refractivity (Wildman–Crippen MR) is 69.3 cm³/mol. The van der Waals surface area contributed by atoms with Crippen molar-refractivity contribution in [2.24, 2.45) is 5.11 Å². The molecule has 18 heavy (non-hydrogen) atoms. The van der Waals surface area contributed by atoms with Gasteiger partial charge in [-0.2, -0.15) is 0 Å². The lowest BCUT2D eigenvalue weighted by Crippen LogP contribution is -2.07. The van der Waals surface area contributed by atoms with E-state index in [-0.39, 0.29) is 6.54 Å². The van der Waals surface area contributed by atoms with Crippen molar-refractivity contribution in [2.75, 3.05) is 13.7 Å². The van der Waals surface area contributed by atoms with E-state index < -0.39 is 5.97 Å². The number of methoxy groups -OCH3 is 1. The van der Waals surface area contributed by atoms with Crippen LogP contribution in [-0.4, -0.2) is 19.6 Å². The van der Waals surface area contributed by atoms with Crippen LogP contribution in [-0.2, 0) is 16.0 Å². The van der Waals surface area contributed by atoms with Gasteiger partial charge in [-0.1, -0.05) is 41.0 Å². The number of benzene rings is 1. The van der Waals surface area contributed by atoms with Gasteiger partial charge in [0.05, 0.1) is 13.7 Å². The van der Waals surface area contributed by atoms with Gasteiger partial charge < -0.3 is 4.74 Å². The van der Waals surface area contributed by atoms with Gasteiger partial charge in [-0.3, -0.25) is 0 Å². The Hall–Kier alpha value is -1.97. The Bertz CT molecular complexity index is 508. The van der Waals surface area contributed by atoms with E-state index in [2.05, 4.69) is 14.8 Å². The van der Waals surface area contributed by atoms with Crippen LogP contribution >= 0.6 is 11.6 Å². The number of hydrogen-bond donors (Lipinski definition) is 0. The highest BCUT2D eigenvalue weighted by Crippen LogP contribution is 2.16. The molecule has 0 amide bonds. The second kappa shape index (κ2) is 7.37. The Morgan fingerprint density at radius 1 is 1.56 bits per heavy atom. The molecule has 0 aliphatic rings. The number of hydrogen-bond acceptors (Lipinski definition) is 3. The van der Waals surface area contributed by atoms with E-state index in [0.29, 0.717) is 17.0 Å². The smallest absolute Gasteiger partial charge is 0.333 e. The number of ether oxygens (including phenoxy) is 1. The van der Waals surface area contributed by atoms with Crippen LogP contribution in [0.2, 0.25) is 5.02 Å². The zero-order chi connectivity index (χ0) is 13.4. The molecule has 0 aromatic heterocycles. The van der Waals surface area contributed by atoms with Crippen LogP contribution in [0.3, 0.4) is 0 Å². The fourth-order valence-corrected chi connectivity index (χ4v) is 1.56. The van der Waals surface area contributed by atoms with Gasteiger partial charge in [-0.25, -0.2) is 4.79 Å². The topological polar surface area (TPSA) is 75.1 Å². The van der Waals surface area contributed by atoms with Crippen molar-refractivity contribution in [2.45, 2.75) is 6.42 Å². The second-order valence-electron chi connectivity index (χ2n) is 3.41. The Morgan fingerprint density at radius 3 is 2.89 bits per heavy atom. The first-order valence-electron chi connectivity index (χ1n) is 5.20. The summed E-state index contributed by atoms with van der Waals surface area (Å²) in [4.78, 5) is 14.0. The van der Waals surface area contributed by atoms with E-state index in [1.54, 1.807) is 12.1 Å². The Morgan fingerprint density at radius 2 is 2.28 bits per heavy atom. The highest BCUT2D eigenvalue weighted by atomic mass is 35.5. The van der Waals surface area contributed by atoms with Crippen molar-refractivity contribution in [3.05, 3.63) is 56.9 Å². The van der Waals surface area contributed by atoms with Gasteiger partial charge in [0.15, 0.2) is 0 Å². The van der Waals surface area contributed by atoms with Crippen LogP contribution in [0, 0.1) is 0 Å². The third-order valence-electron chi connectivity index (χ3n) is 2.28. The molecule has 0 saturated carbocycles. The van der Waals surface area contributed by atoms with Gasteiger partial charge in [0.2, 0.25) is 0 Å². The van der Waals surface area contributed by atoms with E-state index in [9.17, 15) is 4.79 Å². The number of rotatable bonds is 5. The maximum atomic E-state index is 11.4. The molecular weight excluding hydrogens is 254 g/mol. The Kier molecular flexibility index (Phi) is 5.77. The SMILES string of the molecule is COC(=O)/C(=C/Cc1ccccc1Cl)CN=[N+]=[N-]. The van der Waals surface area contributed by atoms with Gasteiger partial charge in [0, 0.05) is 15.5 Å². The number of carbonyl (C=O) groups excluding carboxylic acids is 1. The van der Waals surface area contributed by atoms with E-state index in [1.165, 1.54) is 7.11 Å². The quantitative estimate of drug-likeness (QED) is 0.269. The van der Waals surface area contributed by atoms with Crippen molar-refractivity contribution in [3.8, 4) is 0 Å². The molecule has 0 radical (unpaired) electrons. The molecule has 6 heteroatoms. The molecule has 0 heterocycles. The summed E-state index contributed by atoms with van der Waals surface area (Å²) >= 11 is 6.00. The first-order chi connectivity index (χ1) is 8.69. The summed E-state index contributed by atoms with van der Waals surface area (Å²) in [7, 11) is 1.28. The third kappa shape index (κ3) is 4.13. The van der Waals surface area contributed by atoms with Crippen LogP contribution < -0.4 is 0 Å². The van der Waals surface area contributed by atoms with Crippen LogP contribution in [0.15, 0.2) is 41.0 Å². The monoisotopic (exact) mass is 265 g/mol.